The van der Waals surface area contributed by atoms with Gasteiger partial charge in [0, 0.05) is 128 Å². The number of carbonyl (C=O) groups is 4. The Kier molecular flexibility index (Phi) is 17.7. The number of nitrogens with zero attached hydrogens (tertiary/aromatic N) is 10. The third kappa shape index (κ3) is 13.6. The third-order valence-electron chi connectivity index (χ3n) is 16.5. The van der Waals surface area contributed by atoms with Crippen LogP contribution in [-0.4, -0.2) is 210 Å². The van der Waals surface area contributed by atoms with Crippen LogP contribution in [0, 0.1) is 5.92 Å². The number of hydrogen-bond acceptors (Lipinski definition) is 14. The van der Waals surface area contributed by atoms with Crippen LogP contribution in [0.25, 0.3) is 22.2 Å². The van der Waals surface area contributed by atoms with E-state index in [0.29, 0.717) is 108 Å². The van der Waals surface area contributed by atoms with Crippen molar-refractivity contribution in [3.05, 3.63) is 101 Å². The van der Waals surface area contributed by atoms with Crippen molar-refractivity contribution in [2.24, 2.45) is 11.7 Å². The summed E-state index contributed by atoms with van der Waals surface area (Å²) in [6, 6.07) is 19.6. The van der Waals surface area contributed by atoms with Gasteiger partial charge in [-0.2, -0.15) is 0 Å². The van der Waals surface area contributed by atoms with Crippen LogP contribution in [0.3, 0.4) is 0 Å². The summed E-state index contributed by atoms with van der Waals surface area (Å²) < 4.78 is 5.47. The number of H-pyrrole nitrogens is 1. The highest BCUT2D eigenvalue weighted by Crippen LogP contribution is 2.31. The summed E-state index contributed by atoms with van der Waals surface area (Å²) in [6.45, 7) is 15.9. The number of ether oxygens (including phenoxy) is 1. The molecule has 0 aliphatic carbocycles. The summed E-state index contributed by atoms with van der Waals surface area (Å²) in [4.78, 5) is 87.2. The molecule has 5 aliphatic heterocycles. The van der Waals surface area contributed by atoms with E-state index in [0.717, 1.165) is 105 Å². The highest BCUT2D eigenvalue weighted by molar-refractivity contribution is 6.30. The quantitative estimate of drug-likeness (QED) is 0.102. The van der Waals surface area contributed by atoms with E-state index in [9.17, 15) is 19.2 Å². The monoisotopic (exact) mass is 1070 g/mol. The second-order valence-corrected chi connectivity index (χ2v) is 22.0. The van der Waals surface area contributed by atoms with Crippen molar-refractivity contribution in [2.45, 2.75) is 57.0 Å². The molecular weight excluding hydrogens is 996 g/mol. The SMILES string of the molecule is CCc1cccc(-c2cnc(C(=O)N3CCC(CN4CCN(CC(=O)N5CCN(CC[C@H](NC(=O)C6(N)CCN(c7ncnc8[nH]ccc78)CC6)c6ccc(Cl)cc6)CC5)CC4)CC3)c(NC(=O)CN3CCOCC3)c2)c1. The Labute approximate surface area is 456 Å². The maximum Gasteiger partial charge on any atom is 0.274 e. The molecule has 19 nitrogen and oxygen atoms in total. The second-order valence-electron chi connectivity index (χ2n) is 21.6. The van der Waals surface area contributed by atoms with Gasteiger partial charge in [0.2, 0.25) is 17.7 Å². The number of likely N-dealkylation sites (tertiary alicyclic amines) is 1. The maximum atomic E-state index is 14.2. The smallest absolute Gasteiger partial charge is 0.274 e. The number of aryl methyl sites for hydroxylation is 1. The van der Waals surface area contributed by atoms with E-state index < -0.39 is 5.54 Å². The standard InChI is InChI=1S/C57H75ClN14O5/c1-2-41-4-3-5-44(34-41)45-35-49(64-50(73)38-69-30-32-77-33-31-69)52(61-36-45)55(75)72-18-11-42(12-19-72)37-67-22-24-68(25-23-67)39-51(74)70-28-26-66(27-29-70)17-13-48(43-6-8-46(58)9-7-43)65-56(76)57(59)14-20-71(21-15-57)54-47-10-16-60-53(47)62-40-63-54/h3-10,16,34-36,40,42,48H,2,11-15,17-33,37-39,59H2,1H3,(H,64,73)(H,65,76)(H,60,62,63)/t48-/m0/s1. The number of fused-ring (bicyclic) bond motifs is 1. The normalized spacial score (nSPS) is 19.8. The fraction of sp³-hybridized carbons (Fsp3) is 0.526. The number of hydrogen-bond donors (Lipinski definition) is 4. The number of morpholine rings is 1. The number of piperazine rings is 2. The lowest BCUT2D eigenvalue weighted by Gasteiger charge is -2.40. The molecule has 5 aromatic rings. The molecule has 0 spiro atoms. The summed E-state index contributed by atoms with van der Waals surface area (Å²) in [5, 5.41) is 7.98. The number of nitrogens with one attached hydrogen (secondary N) is 3. The van der Waals surface area contributed by atoms with Gasteiger partial charge >= 0.3 is 0 Å². The number of pyridine rings is 1. The highest BCUT2D eigenvalue weighted by Gasteiger charge is 2.40. The van der Waals surface area contributed by atoms with Crippen molar-refractivity contribution in [1.82, 2.24) is 54.7 Å². The molecule has 8 heterocycles. The highest BCUT2D eigenvalue weighted by atomic mass is 35.5. The van der Waals surface area contributed by atoms with Gasteiger partial charge in [-0.25, -0.2) is 15.0 Å². The summed E-state index contributed by atoms with van der Waals surface area (Å²) in [5.41, 5.74) is 11.4. The topological polar surface area (TPSA) is 205 Å². The summed E-state index contributed by atoms with van der Waals surface area (Å²) in [6.07, 6.45) is 9.53. The van der Waals surface area contributed by atoms with Gasteiger partial charge in [-0.3, -0.25) is 33.9 Å². The molecule has 4 amide bonds. The molecule has 0 saturated carbocycles. The molecule has 5 aliphatic rings. The molecule has 1 atom stereocenters. The Hall–Kier alpha value is -6.06. The number of rotatable bonds is 17. The molecule has 410 valence electrons. The van der Waals surface area contributed by atoms with Crippen molar-refractivity contribution >= 4 is 57.8 Å². The zero-order chi connectivity index (χ0) is 53.3. The Bertz CT molecular complexity index is 2810. The third-order valence-corrected chi connectivity index (χ3v) is 16.8. The number of piperidine rings is 2. The van der Waals surface area contributed by atoms with Crippen molar-refractivity contribution in [2.75, 3.05) is 141 Å². The number of carbonyl (C=O) groups excluding carboxylic acids is 4. The van der Waals surface area contributed by atoms with Crippen LogP contribution in [0.15, 0.2) is 79.4 Å². The van der Waals surface area contributed by atoms with Gasteiger partial charge in [-0.05, 0) is 85.4 Å². The van der Waals surface area contributed by atoms with Crippen molar-refractivity contribution in [1.29, 1.82) is 0 Å². The van der Waals surface area contributed by atoms with E-state index in [2.05, 4.69) is 69.1 Å². The van der Waals surface area contributed by atoms with Crippen LogP contribution in [0.5, 0.6) is 0 Å². The predicted molar refractivity (Wildman–Crippen MR) is 299 cm³/mol. The molecule has 3 aromatic heterocycles. The number of halogens is 1. The lowest BCUT2D eigenvalue weighted by atomic mass is 9.87. The largest absolute Gasteiger partial charge is 0.379 e. The van der Waals surface area contributed by atoms with Crippen LogP contribution in [0.1, 0.15) is 66.7 Å². The lowest BCUT2D eigenvalue weighted by Crippen LogP contribution is -2.60. The first-order valence-electron chi connectivity index (χ1n) is 27.8. The minimum Gasteiger partial charge on any atom is -0.379 e. The number of benzene rings is 2. The van der Waals surface area contributed by atoms with E-state index in [1.54, 1.807) is 12.5 Å². The molecule has 20 heteroatoms. The van der Waals surface area contributed by atoms with E-state index in [4.69, 9.17) is 27.1 Å². The molecule has 5 fully saturated rings. The first-order chi connectivity index (χ1) is 37.5. The average molecular weight is 1070 g/mol. The van der Waals surface area contributed by atoms with Gasteiger partial charge in [0.15, 0.2) is 5.69 Å². The van der Waals surface area contributed by atoms with Crippen LogP contribution in [-0.2, 0) is 25.5 Å². The molecule has 5 saturated heterocycles. The zero-order valence-electron chi connectivity index (χ0n) is 44.5. The number of amides is 4. The molecule has 77 heavy (non-hydrogen) atoms. The lowest BCUT2D eigenvalue weighted by molar-refractivity contribution is -0.134. The molecule has 5 N–H and O–H groups in total. The van der Waals surface area contributed by atoms with Gasteiger partial charge < -0.3 is 45.7 Å². The molecule has 2 aromatic carbocycles. The Balaban J connectivity index is 0.650. The van der Waals surface area contributed by atoms with E-state index in [-0.39, 0.29) is 41.9 Å². The van der Waals surface area contributed by atoms with Gasteiger partial charge in [0.25, 0.3) is 5.91 Å². The Morgan fingerprint density at radius 1 is 0.779 bits per heavy atom. The van der Waals surface area contributed by atoms with Crippen molar-refractivity contribution in [3.63, 3.8) is 0 Å². The van der Waals surface area contributed by atoms with Gasteiger partial charge in [-0.1, -0.05) is 54.9 Å². The Morgan fingerprint density at radius 3 is 2.23 bits per heavy atom. The molecular formula is C57H75ClN14O5. The van der Waals surface area contributed by atoms with Crippen LogP contribution in [0.4, 0.5) is 11.5 Å². The molecule has 0 radical (unpaired) electrons. The fourth-order valence-corrected chi connectivity index (χ4v) is 11.7. The number of aromatic nitrogens is 4. The van der Waals surface area contributed by atoms with E-state index in [1.165, 1.54) is 5.56 Å². The molecule has 10 rings (SSSR count). The predicted octanol–water partition coefficient (Wildman–Crippen LogP) is 4.37. The van der Waals surface area contributed by atoms with Crippen LogP contribution in [0.2, 0.25) is 5.02 Å². The first-order valence-corrected chi connectivity index (χ1v) is 28.2. The van der Waals surface area contributed by atoms with Crippen molar-refractivity contribution in [3.8, 4) is 11.1 Å². The van der Waals surface area contributed by atoms with E-state index >= 15 is 0 Å². The number of anilines is 2. The molecule has 0 bridgehead atoms. The van der Waals surface area contributed by atoms with Crippen molar-refractivity contribution < 1.29 is 23.9 Å². The van der Waals surface area contributed by atoms with E-state index in [1.807, 2.05) is 64.5 Å². The van der Waals surface area contributed by atoms with Gasteiger partial charge in [0.1, 0.15) is 17.8 Å². The molecule has 0 unspecified atom stereocenters. The number of nitrogens with two attached hydrogens (primary N) is 1. The zero-order valence-corrected chi connectivity index (χ0v) is 45.3. The maximum absolute atomic E-state index is 14.2. The summed E-state index contributed by atoms with van der Waals surface area (Å²) in [5.74, 6) is 1.00. The van der Waals surface area contributed by atoms with Gasteiger partial charge in [0.05, 0.1) is 49.0 Å². The average Bonchev–Trinajstić information content (AvgIpc) is 3.97. The van der Waals surface area contributed by atoms with Crippen LogP contribution < -0.4 is 21.3 Å². The second kappa shape index (κ2) is 25.2. The number of aromatic amines is 1. The minimum atomic E-state index is -1.01. The summed E-state index contributed by atoms with van der Waals surface area (Å²) >= 11 is 6.29. The summed E-state index contributed by atoms with van der Waals surface area (Å²) in [7, 11) is 0. The fourth-order valence-electron chi connectivity index (χ4n) is 11.6. The Morgan fingerprint density at radius 2 is 1.49 bits per heavy atom. The minimum absolute atomic E-state index is 0.152. The first kappa shape index (κ1) is 54.3. The van der Waals surface area contributed by atoms with Crippen LogP contribution >= 0.6 is 11.6 Å². The van der Waals surface area contributed by atoms with Gasteiger partial charge in [-0.15, -0.1) is 0 Å².